The molecule has 0 spiro atoms. The summed E-state index contributed by atoms with van der Waals surface area (Å²) in [5, 5.41) is 0.976. The van der Waals surface area contributed by atoms with Crippen LogP contribution in [0.4, 0.5) is 5.69 Å². The fourth-order valence-corrected chi connectivity index (χ4v) is 4.04. The summed E-state index contributed by atoms with van der Waals surface area (Å²) in [7, 11) is 0. The second-order valence-corrected chi connectivity index (χ2v) is 7.40. The first-order valence-corrected chi connectivity index (χ1v) is 8.80. The van der Waals surface area contributed by atoms with Gasteiger partial charge in [-0.3, -0.25) is 4.79 Å². The van der Waals surface area contributed by atoms with Crippen molar-refractivity contribution in [2.24, 2.45) is 0 Å². The van der Waals surface area contributed by atoms with E-state index in [1.807, 2.05) is 24.3 Å². The molecule has 120 valence electrons. The first kappa shape index (κ1) is 14.8. The molecule has 4 nitrogen and oxygen atoms in total. The molecule has 0 aliphatic carbocycles. The lowest BCUT2D eigenvalue weighted by atomic mass is 10.1. The second-order valence-electron chi connectivity index (χ2n) is 6.05. The first-order chi connectivity index (χ1) is 11.1. The number of hydrogen-bond acceptors (Lipinski definition) is 5. The lowest BCUT2D eigenvalue weighted by Gasteiger charge is -2.29. The van der Waals surface area contributed by atoms with E-state index >= 15 is 0 Å². The summed E-state index contributed by atoms with van der Waals surface area (Å²) in [6, 6.07) is 5.88. The van der Waals surface area contributed by atoms with Gasteiger partial charge < -0.3 is 14.1 Å². The van der Waals surface area contributed by atoms with Gasteiger partial charge in [0.15, 0.2) is 0 Å². The highest BCUT2D eigenvalue weighted by Crippen LogP contribution is 2.36. The van der Waals surface area contributed by atoms with E-state index in [2.05, 4.69) is 18.7 Å². The van der Waals surface area contributed by atoms with E-state index in [1.54, 1.807) is 11.8 Å². The number of morpholine rings is 1. The molecule has 2 aliphatic heterocycles. The average Bonchev–Trinajstić information content (AvgIpc) is 2.57. The highest BCUT2D eigenvalue weighted by atomic mass is 32.2. The minimum Gasteiger partial charge on any atom is -0.455 e. The smallest absolute Gasteiger partial charge is 0.206 e. The van der Waals surface area contributed by atoms with Crippen molar-refractivity contribution >= 4 is 34.5 Å². The number of hydrogen-bond donors (Lipinski definition) is 0. The van der Waals surface area contributed by atoms with Crippen LogP contribution in [0.15, 0.2) is 37.9 Å². The molecule has 0 saturated carbocycles. The Morgan fingerprint density at radius 2 is 2.04 bits per heavy atom. The maximum Gasteiger partial charge on any atom is 0.206 e. The van der Waals surface area contributed by atoms with Crippen molar-refractivity contribution < 1.29 is 9.15 Å². The molecular formula is C18H19NO3S. The lowest BCUT2D eigenvalue weighted by molar-refractivity contribution is 0.122. The van der Waals surface area contributed by atoms with Crippen molar-refractivity contribution in [3.8, 4) is 0 Å². The zero-order valence-electron chi connectivity index (χ0n) is 13.3. The third-order valence-electron chi connectivity index (χ3n) is 4.53. The Morgan fingerprint density at radius 3 is 2.83 bits per heavy atom. The van der Waals surface area contributed by atoms with Crippen LogP contribution in [0, 0.1) is 0 Å². The number of anilines is 1. The summed E-state index contributed by atoms with van der Waals surface area (Å²) in [6.45, 7) is 7.41. The highest BCUT2D eigenvalue weighted by Gasteiger charge is 2.22. The van der Waals surface area contributed by atoms with Crippen molar-refractivity contribution in [3.63, 3.8) is 0 Å². The summed E-state index contributed by atoms with van der Waals surface area (Å²) in [6.07, 6.45) is 2.00. The summed E-state index contributed by atoms with van der Waals surface area (Å²) < 4.78 is 11.5. The van der Waals surface area contributed by atoms with E-state index in [9.17, 15) is 4.79 Å². The zero-order valence-corrected chi connectivity index (χ0v) is 14.1. The third-order valence-corrected chi connectivity index (χ3v) is 5.88. The van der Waals surface area contributed by atoms with Crippen LogP contribution in [-0.2, 0) is 4.74 Å². The number of ether oxygens (including phenoxy) is 1. The topological polar surface area (TPSA) is 42.7 Å². The van der Waals surface area contributed by atoms with Gasteiger partial charge in [0.05, 0.1) is 23.5 Å². The van der Waals surface area contributed by atoms with E-state index < -0.39 is 0 Å². The number of thioether (sulfide) groups is 1. The van der Waals surface area contributed by atoms with E-state index in [1.165, 1.54) is 5.57 Å². The highest BCUT2D eigenvalue weighted by molar-refractivity contribution is 8.00. The van der Waals surface area contributed by atoms with Crippen molar-refractivity contribution in [1.82, 2.24) is 0 Å². The molecule has 5 heteroatoms. The third kappa shape index (κ3) is 2.58. The minimum atomic E-state index is 0.0791. The van der Waals surface area contributed by atoms with E-state index in [-0.39, 0.29) is 5.43 Å². The first-order valence-electron chi connectivity index (χ1n) is 7.92. The minimum absolute atomic E-state index is 0.0791. The monoisotopic (exact) mass is 329 g/mol. The van der Waals surface area contributed by atoms with Gasteiger partial charge in [-0.05, 0) is 32.1 Å². The van der Waals surface area contributed by atoms with E-state index in [0.717, 1.165) is 36.9 Å². The molecule has 1 aromatic carbocycles. The van der Waals surface area contributed by atoms with Crippen LogP contribution in [0.1, 0.15) is 19.6 Å². The predicted octanol–water partition coefficient (Wildman–Crippen LogP) is 3.53. The van der Waals surface area contributed by atoms with Gasteiger partial charge in [-0.1, -0.05) is 5.57 Å². The normalized spacial score (nSPS) is 21.2. The average molecular weight is 329 g/mol. The van der Waals surface area contributed by atoms with Crippen LogP contribution in [0.5, 0.6) is 0 Å². The maximum atomic E-state index is 12.8. The van der Waals surface area contributed by atoms with Gasteiger partial charge in [0.25, 0.3) is 0 Å². The maximum absolute atomic E-state index is 12.8. The van der Waals surface area contributed by atoms with Crippen LogP contribution in [-0.4, -0.2) is 31.6 Å². The molecular weight excluding hydrogens is 310 g/mol. The fraction of sp³-hybridized carbons (Fsp3) is 0.389. The molecule has 1 atom stereocenters. The van der Waals surface area contributed by atoms with Crippen LogP contribution < -0.4 is 10.3 Å². The molecule has 1 saturated heterocycles. The molecule has 4 rings (SSSR count). The van der Waals surface area contributed by atoms with Crippen LogP contribution in [0.25, 0.3) is 17.0 Å². The number of nitrogens with zero attached hydrogens (tertiary/aromatic N) is 1. The summed E-state index contributed by atoms with van der Waals surface area (Å²) in [5.41, 5.74) is 3.06. The molecule has 1 unspecified atom stereocenters. The molecule has 1 aromatic heterocycles. The van der Waals surface area contributed by atoms with Crippen molar-refractivity contribution in [2.75, 3.05) is 31.2 Å². The fourth-order valence-electron chi connectivity index (χ4n) is 3.00. The number of benzene rings is 1. The lowest BCUT2D eigenvalue weighted by Crippen LogP contribution is -2.36. The van der Waals surface area contributed by atoms with Gasteiger partial charge in [0, 0.05) is 30.1 Å². The quantitative estimate of drug-likeness (QED) is 0.801. The number of fused-ring (bicyclic) bond motifs is 2. The Balaban J connectivity index is 1.84. The molecule has 0 radical (unpaired) electrons. The molecule has 23 heavy (non-hydrogen) atoms. The summed E-state index contributed by atoms with van der Waals surface area (Å²) >= 11 is 1.59. The Labute approximate surface area is 139 Å². The Kier molecular flexibility index (Phi) is 3.70. The number of rotatable bonds is 1. The van der Waals surface area contributed by atoms with Crippen molar-refractivity contribution in [3.05, 3.63) is 39.8 Å². The van der Waals surface area contributed by atoms with Gasteiger partial charge in [0.1, 0.15) is 11.3 Å². The van der Waals surface area contributed by atoms with Gasteiger partial charge >= 0.3 is 0 Å². The Morgan fingerprint density at radius 1 is 1.26 bits per heavy atom. The molecule has 3 heterocycles. The Bertz CT molecular complexity index is 849. The van der Waals surface area contributed by atoms with Gasteiger partial charge in [-0.25, -0.2) is 0 Å². The van der Waals surface area contributed by atoms with Crippen molar-refractivity contribution in [2.45, 2.75) is 24.0 Å². The van der Waals surface area contributed by atoms with Crippen LogP contribution in [0.2, 0.25) is 0 Å². The second kappa shape index (κ2) is 5.73. The van der Waals surface area contributed by atoms with Gasteiger partial charge in [0.2, 0.25) is 5.43 Å². The van der Waals surface area contributed by atoms with Crippen molar-refractivity contribution in [1.29, 1.82) is 0 Å². The molecule has 1 fully saturated rings. The zero-order chi connectivity index (χ0) is 16.0. The standard InChI is InChI=1S/C18H19NO3S/c1-11-9-16-18(23-12(11)2)17(20)14-4-3-13(10-15(14)22-16)19-5-7-21-8-6-19/h3-4,9-10,12H,5-8H2,1-2H3. The van der Waals surface area contributed by atoms with Crippen LogP contribution >= 0.6 is 11.8 Å². The summed E-state index contributed by atoms with van der Waals surface area (Å²) in [4.78, 5) is 15.8. The molecule has 0 amide bonds. The predicted molar refractivity (Wildman–Crippen MR) is 94.5 cm³/mol. The molecule has 2 aromatic rings. The Hall–Kier alpha value is -1.72. The van der Waals surface area contributed by atoms with E-state index in [0.29, 0.717) is 22.0 Å². The van der Waals surface area contributed by atoms with Crippen LogP contribution in [0.3, 0.4) is 0 Å². The summed E-state index contributed by atoms with van der Waals surface area (Å²) in [5.74, 6) is 0.697. The van der Waals surface area contributed by atoms with Gasteiger partial charge in [-0.15, -0.1) is 11.8 Å². The van der Waals surface area contributed by atoms with Gasteiger partial charge in [-0.2, -0.15) is 0 Å². The molecule has 0 N–H and O–H groups in total. The molecule has 0 bridgehead atoms. The SMILES string of the molecule is CC1=Cc2oc3cc(N4CCOCC4)ccc3c(=O)c2SC1C. The van der Waals surface area contributed by atoms with E-state index in [4.69, 9.17) is 9.15 Å². The largest absolute Gasteiger partial charge is 0.455 e. The molecule has 2 aliphatic rings.